The second-order valence-corrected chi connectivity index (χ2v) is 21.6. The molecule has 0 N–H and O–H groups in total. The summed E-state index contributed by atoms with van der Waals surface area (Å²) in [5.74, 6) is -0.893. The molecule has 0 rings (SSSR count). The van der Waals surface area contributed by atoms with Gasteiger partial charge in [-0.05, 0) is 70.6 Å². The molecule has 0 aliphatic rings. The highest BCUT2D eigenvalue weighted by atomic mass is 16.6. The minimum absolute atomic E-state index is 0.0800. The first-order valence-electron chi connectivity index (χ1n) is 32.1. The first kappa shape index (κ1) is 70.4. The molecule has 6 heteroatoms. The molecule has 0 saturated carbocycles. The number of carbonyl (C=O) groups is 3. The number of allylic oxidation sites excluding steroid dienone is 8. The molecule has 0 bridgehead atoms. The lowest BCUT2D eigenvalue weighted by molar-refractivity contribution is -0.167. The Balaban J connectivity index is 4.08. The number of carbonyl (C=O) groups excluding carboxylic acids is 3. The van der Waals surface area contributed by atoms with E-state index in [0.717, 1.165) is 109 Å². The normalized spacial score (nSPS) is 12.3. The summed E-state index contributed by atoms with van der Waals surface area (Å²) in [6, 6.07) is 0. The van der Waals surface area contributed by atoms with Gasteiger partial charge in [-0.1, -0.05) is 301 Å². The Bertz CT molecular complexity index is 1270. The number of ether oxygens (including phenoxy) is 3. The average molecular weight is 1020 g/mol. The van der Waals surface area contributed by atoms with Gasteiger partial charge in [-0.15, -0.1) is 0 Å². The lowest BCUT2D eigenvalue weighted by Crippen LogP contribution is -2.30. The fourth-order valence-corrected chi connectivity index (χ4v) is 9.52. The Morgan fingerprint density at radius 3 is 0.904 bits per heavy atom. The van der Waals surface area contributed by atoms with Gasteiger partial charge in [0.05, 0.1) is 0 Å². The Labute approximate surface area is 454 Å². The molecule has 0 aromatic rings. The third-order valence-electron chi connectivity index (χ3n) is 14.3. The molecular weight excluding hydrogens is 901 g/mol. The van der Waals surface area contributed by atoms with Crippen molar-refractivity contribution in [2.75, 3.05) is 13.2 Å². The van der Waals surface area contributed by atoms with E-state index in [1.165, 1.54) is 193 Å². The maximum Gasteiger partial charge on any atom is 0.306 e. The van der Waals surface area contributed by atoms with E-state index >= 15 is 0 Å². The average Bonchev–Trinajstić information content (AvgIpc) is 3.39. The first-order valence-corrected chi connectivity index (χ1v) is 32.1. The Hall–Kier alpha value is -2.63. The van der Waals surface area contributed by atoms with Crippen molar-refractivity contribution in [3.05, 3.63) is 48.6 Å². The van der Waals surface area contributed by atoms with Crippen LogP contribution in [0.1, 0.15) is 342 Å². The van der Waals surface area contributed by atoms with Crippen LogP contribution >= 0.6 is 0 Å². The van der Waals surface area contributed by atoms with Crippen molar-refractivity contribution in [2.24, 2.45) is 0 Å². The summed E-state index contributed by atoms with van der Waals surface area (Å²) in [5, 5.41) is 0. The highest BCUT2D eigenvalue weighted by Gasteiger charge is 2.19. The van der Waals surface area contributed by atoms with E-state index in [2.05, 4.69) is 69.4 Å². The van der Waals surface area contributed by atoms with Crippen LogP contribution in [0.25, 0.3) is 0 Å². The number of unbranched alkanes of at least 4 members (excludes halogenated alkanes) is 40. The molecule has 0 aliphatic carbocycles. The molecule has 0 aliphatic heterocycles. The van der Waals surface area contributed by atoms with Crippen molar-refractivity contribution in [1.29, 1.82) is 0 Å². The molecule has 1 atom stereocenters. The molecule has 0 aromatic heterocycles. The van der Waals surface area contributed by atoms with Gasteiger partial charge >= 0.3 is 17.9 Å². The summed E-state index contributed by atoms with van der Waals surface area (Å²) in [7, 11) is 0. The molecule has 73 heavy (non-hydrogen) atoms. The molecule has 0 spiro atoms. The highest BCUT2D eigenvalue weighted by molar-refractivity contribution is 5.71. The zero-order valence-electron chi connectivity index (χ0n) is 48.9. The summed E-state index contributed by atoms with van der Waals surface area (Å²) in [4.78, 5) is 38.1. The number of rotatable bonds is 59. The van der Waals surface area contributed by atoms with Crippen LogP contribution in [-0.2, 0) is 28.6 Å². The van der Waals surface area contributed by atoms with Crippen molar-refractivity contribution >= 4 is 17.9 Å². The van der Waals surface area contributed by atoms with Gasteiger partial charge in [0.1, 0.15) is 13.2 Å². The minimum atomic E-state index is -0.783. The van der Waals surface area contributed by atoms with E-state index < -0.39 is 6.10 Å². The monoisotopic (exact) mass is 1020 g/mol. The highest BCUT2D eigenvalue weighted by Crippen LogP contribution is 2.18. The van der Waals surface area contributed by atoms with Crippen molar-refractivity contribution in [2.45, 2.75) is 348 Å². The zero-order valence-corrected chi connectivity index (χ0v) is 48.9. The molecule has 0 heterocycles. The number of hydrogen-bond donors (Lipinski definition) is 0. The van der Waals surface area contributed by atoms with Gasteiger partial charge in [-0.25, -0.2) is 0 Å². The maximum absolute atomic E-state index is 12.8. The predicted molar refractivity (Wildman–Crippen MR) is 316 cm³/mol. The molecule has 426 valence electrons. The summed E-state index contributed by atoms with van der Waals surface area (Å²) in [6.45, 7) is 6.49. The van der Waals surface area contributed by atoms with Crippen LogP contribution in [0.3, 0.4) is 0 Å². The molecule has 0 amide bonds. The largest absolute Gasteiger partial charge is 0.462 e. The quantitative estimate of drug-likeness (QED) is 0.0261. The topological polar surface area (TPSA) is 78.9 Å². The summed E-state index contributed by atoms with van der Waals surface area (Å²) >= 11 is 0. The van der Waals surface area contributed by atoms with E-state index in [9.17, 15) is 14.4 Å². The molecular formula is C67H122O6. The third kappa shape index (κ3) is 60.1. The van der Waals surface area contributed by atoms with E-state index in [1.54, 1.807) is 0 Å². The summed E-state index contributed by atoms with van der Waals surface area (Å²) in [5.41, 5.74) is 0. The lowest BCUT2D eigenvalue weighted by atomic mass is 10.0. The van der Waals surface area contributed by atoms with Gasteiger partial charge in [0.25, 0.3) is 0 Å². The van der Waals surface area contributed by atoms with Gasteiger partial charge in [0.15, 0.2) is 6.10 Å². The van der Waals surface area contributed by atoms with E-state index in [1.807, 2.05) is 0 Å². The van der Waals surface area contributed by atoms with Gasteiger partial charge in [-0.3, -0.25) is 14.4 Å². The third-order valence-corrected chi connectivity index (χ3v) is 14.3. The van der Waals surface area contributed by atoms with Crippen molar-refractivity contribution < 1.29 is 28.6 Å². The van der Waals surface area contributed by atoms with Crippen LogP contribution in [0.2, 0.25) is 0 Å². The number of hydrogen-bond acceptors (Lipinski definition) is 6. The predicted octanol–water partition coefficient (Wildman–Crippen LogP) is 21.8. The lowest BCUT2D eigenvalue weighted by Gasteiger charge is -2.18. The van der Waals surface area contributed by atoms with E-state index in [4.69, 9.17) is 14.2 Å². The first-order chi connectivity index (χ1) is 36.0. The Morgan fingerprint density at radius 2 is 0.562 bits per heavy atom. The van der Waals surface area contributed by atoms with Crippen LogP contribution in [0.5, 0.6) is 0 Å². The molecule has 0 saturated heterocycles. The van der Waals surface area contributed by atoms with Crippen molar-refractivity contribution in [3.63, 3.8) is 0 Å². The molecule has 0 radical (unpaired) electrons. The second kappa shape index (κ2) is 61.9. The molecule has 0 fully saturated rings. The minimum Gasteiger partial charge on any atom is -0.462 e. The Kier molecular flexibility index (Phi) is 59.7. The summed E-state index contributed by atoms with van der Waals surface area (Å²) in [6.07, 6.45) is 77.3. The zero-order chi connectivity index (χ0) is 52.9. The van der Waals surface area contributed by atoms with Crippen LogP contribution in [-0.4, -0.2) is 37.2 Å². The standard InChI is InChI=1S/C67H122O6/c1-4-7-10-13-16-19-22-24-26-27-28-29-30-31-32-33-34-35-36-37-38-39-40-42-43-45-48-51-54-57-60-66(69)72-63-64(62-71-65(68)59-56-53-50-47-21-18-15-12-9-6-3)73-67(70)61-58-55-52-49-46-44-41-25-23-20-17-14-11-8-5-2/h8,11-12,15,17,20,25,41,64H,4-7,9-10,13-14,16,18-19,21-24,26-40,42-63H2,1-3H3/b11-8-,15-12-,20-17-,41-25-. The van der Waals surface area contributed by atoms with Gasteiger partial charge in [-0.2, -0.15) is 0 Å². The van der Waals surface area contributed by atoms with E-state index in [-0.39, 0.29) is 31.1 Å². The van der Waals surface area contributed by atoms with Crippen molar-refractivity contribution in [3.8, 4) is 0 Å². The summed E-state index contributed by atoms with van der Waals surface area (Å²) < 4.78 is 16.8. The fraction of sp³-hybridized carbons (Fsp3) is 0.836. The van der Waals surface area contributed by atoms with Gasteiger partial charge < -0.3 is 14.2 Å². The molecule has 6 nitrogen and oxygen atoms in total. The SMILES string of the molecule is CC/C=C\C/C=C\C/C=C\CCCCCCCC(=O)OC(COC(=O)CCCCCCC/C=C\CCC)COC(=O)CCCCCCCCCCCCCCCCCCCCCCCCCCCCCCCC. The molecule has 0 aromatic carbocycles. The Morgan fingerprint density at radius 1 is 0.288 bits per heavy atom. The van der Waals surface area contributed by atoms with Crippen LogP contribution in [0, 0.1) is 0 Å². The van der Waals surface area contributed by atoms with Gasteiger partial charge in [0.2, 0.25) is 0 Å². The van der Waals surface area contributed by atoms with E-state index in [0.29, 0.717) is 19.3 Å². The molecule has 1 unspecified atom stereocenters. The fourth-order valence-electron chi connectivity index (χ4n) is 9.52. The van der Waals surface area contributed by atoms with Crippen molar-refractivity contribution in [1.82, 2.24) is 0 Å². The van der Waals surface area contributed by atoms with Crippen LogP contribution in [0.15, 0.2) is 48.6 Å². The van der Waals surface area contributed by atoms with Crippen LogP contribution in [0.4, 0.5) is 0 Å². The number of esters is 3. The maximum atomic E-state index is 12.8. The second-order valence-electron chi connectivity index (χ2n) is 21.6. The van der Waals surface area contributed by atoms with Crippen LogP contribution < -0.4 is 0 Å². The smallest absolute Gasteiger partial charge is 0.306 e. The van der Waals surface area contributed by atoms with Gasteiger partial charge in [0, 0.05) is 19.3 Å².